The summed E-state index contributed by atoms with van der Waals surface area (Å²) in [6.07, 6.45) is 11.3. The first-order valence-electron chi connectivity index (χ1n) is 6.83. The van der Waals surface area contributed by atoms with Gasteiger partial charge in [0.05, 0.1) is 0 Å². The van der Waals surface area contributed by atoms with Crippen molar-refractivity contribution in [3.05, 3.63) is 0 Å². The zero-order valence-electron chi connectivity index (χ0n) is 9.88. The summed E-state index contributed by atoms with van der Waals surface area (Å²) in [4.78, 5) is 0. The molecular formula is C13H26N2. The maximum absolute atomic E-state index is 5.49. The molecule has 2 unspecified atom stereocenters. The molecule has 2 rings (SSSR count). The van der Waals surface area contributed by atoms with Crippen molar-refractivity contribution < 1.29 is 0 Å². The Morgan fingerprint density at radius 3 is 2.60 bits per heavy atom. The Hall–Kier alpha value is -0.0800. The highest BCUT2D eigenvalue weighted by molar-refractivity contribution is 4.87. The molecule has 0 spiro atoms. The second-order valence-corrected chi connectivity index (χ2v) is 5.41. The Kier molecular flexibility index (Phi) is 4.45. The fourth-order valence-electron chi connectivity index (χ4n) is 2.98. The second-order valence-electron chi connectivity index (χ2n) is 5.41. The maximum Gasteiger partial charge on any atom is 0.00698 e. The molecule has 0 saturated heterocycles. The first kappa shape index (κ1) is 11.4. The van der Waals surface area contributed by atoms with Gasteiger partial charge in [-0.05, 0) is 63.5 Å². The van der Waals surface area contributed by atoms with E-state index < -0.39 is 0 Å². The lowest BCUT2D eigenvalue weighted by Gasteiger charge is -2.30. The third-order valence-corrected chi connectivity index (χ3v) is 4.07. The van der Waals surface area contributed by atoms with E-state index in [-0.39, 0.29) is 0 Å². The van der Waals surface area contributed by atoms with E-state index in [2.05, 4.69) is 5.32 Å². The van der Waals surface area contributed by atoms with Gasteiger partial charge in [0.1, 0.15) is 0 Å². The highest BCUT2D eigenvalue weighted by Crippen LogP contribution is 2.43. The third kappa shape index (κ3) is 3.76. The Labute approximate surface area is 94.0 Å². The lowest BCUT2D eigenvalue weighted by Crippen LogP contribution is -2.35. The van der Waals surface area contributed by atoms with Gasteiger partial charge in [-0.1, -0.05) is 12.8 Å². The van der Waals surface area contributed by atoms with Crippen LogP contribution in [0.3, 0.4) is 0 Å². The molecule has 88 valence electrons. The number of hydrogen-bond acceptors (Lipinski definition) is 2. The average molecular weight is 210 g/mol. The summed E-state index contributed by atoms with van der Waals surface area (Å²) < 4.78 is 0. The van der Waals surface area contributed by atoms with Gasteiger partial charge in [-0.25, -0.2) is 0 Å². The van der Waals surface area contributed by atoms with Crippen LogP contribution in [0.5, 0.6) is 0 Å². The summed E-state index contributed by atoms with van der Waals surface area (Å²) >= 11 is 0. The van der Waals surface area contributed by atoms with Crippen molar-refractivity contribution in [3.63, 3.8) is 0 Å². The molecular weight excluding hydrogens is 184 g/mol. The SMILES string of the molecule is NCCCCNC1CCCC(C2CC2)C1. The summed E-state index contributed by atoms with van der Waals surface area (Å²) in [6, 6.07) is 0.821. The number of hydrogen-bond donors (Lipinski definition) is 2. The molecule has 3 N–H and O–H groups in total. The van der Waals surface area contributed by atoms with Gasteiger partial charge in [0.15, 0.2) is 0 Å². The standard InChI is InChI=1S/C13H26N2/c14-8-1-2-9-15-13-5-3-4-12(10-13)11-6-7-11/h11-13,15H,1-10,14H2. The zero-order valence-corrected chi connectivity index (χ0v) is 9.88. The van der Waals surface area contributed by atoms with Gasteiger partial charge >= 0.3 is 0 Å². The molecule has 0 aliphatic heterocycles. The summed E-state index contributed by atoms with van der Waals surface area (Å²) in [5.74, 6) is 2.17. The quantitative estimate of drug-likeness (QED) is 0.660. The molecule has 2 atom stereocenters. The van der Waals surface area contributed by atoms with Gasteiger partial charge in [-0.15, -0.1) is 0 Å². The van der Waals surface area contributed by atoms with Crippen LogP contribution in [-0.2, 0) is 0 Å². The van der Waals surface area contributed by atoms with E-state index in [1.165, 1.54) is 57.9 Å². The minimum atomic E-state index is 0.821. The molecule has 0 aromatic rings. The van der Waals surface area contributed by atoms with Crippen molar-refractivity contribution in [1.82, 2.24) is 5.32 Å². The molecule has 0 aromatic carbocycles. The van der Waals surface area contributed by atoms with E-state index in [0.29, 0.717) is 0 Å². The largest absolute Gasteiger partial charge is 0.330 e. The minimum Gasteiger partial charge on any atom is -0.330 e. The van der Waals surface area contributed by atoms with Crippen LogP contribution in [0, 0.1) is 11.8 Å². The Morgan fingerprint density at radius 1 is 1.00 bits per heavy atom. The maximum atomic E-state index is 5.49. The third-order valence-electron chi connectivity index (χ3n) is 4.07. The predicted molar refractivity (Wildman–Crippen MR) is 64.8 cm³/mol. The van der Waals surface area contributed by atoms with Crippen LogP contribution in [0.15, 0.2) is 0 Å². The van der Waals surface area contributed by atoms with Crippen LogP contribution in [0.4, 0.5) is 0 Å². The van der Waals surface area contributed by atoms with Crippen molar-refractivity contribution in [2.24, 2.45) is 17.6 Å². The summed E-state index contributed by atoms with van der Waals surface area (Å²) in [7, 11) is 0. The van der Waals surface area contributed by atoms with Crippen LogP contribution in [0.25, 0.3) is 0 Å². The topological polar surface area (TPSA) is 38.0 Å². The van der Waals surface area contributed by atoms with E-state index in [4.69, 9.17) is 5.73 Å². The summed E-state index contributed by atoms with van der Waals surface area (Å²) in [5.41, 5.74) is 5.49. The molecule has 2 heteroatoms. The van der Waals surface area contributed by atoms with E-state index >= 15 is 0 Å². The van der Waals surface area contributed by atoms with Crippen LogP contribution in [-0.4, -0.2) is 19.1 Å². The smallest absolute Gasteiger partial charge is 0.00698 e. The lowest BCUT2D eigenvalue weighted by atomic mass is 9.83. The van der Waals surface area contributed by atoms with Gasteiger partial charge in [-0.3, -0.25) is 0 Å². The molecule has 0 radical (unpaired) electrons. The van der Waals surface area contributed by atoms with Gasteiger partial charge < -0.3 is 11.1 Å². The number of rotatable bonds is 6. The average Bonchev–Trinajstić information content (AvgIpc) is 3.09. The van der Waals surface area contributed by atoms with Gasteiger partial charge in [0.2, 0.25) is 0 Å². The second kappa shape index (κ2) is 5.86. The Bertz CT molecular complexity index is 177. The van der Waals surface area contributed by atoms with Crippen molar-refractivity contribution >= 4 is 0 Å². The molecule has 2 aliphatic carbocycles. The minimum absolute atomic E-state index is 0.821. The lowest BCUT2D eigenvalue weighted by molar-refractivity contribution is 0.261. The number of nitrogens with two attached hydrogens (primary N) is 1. The summed E-state index contributed by atoms with van der Waals surface area (Å²) in [6.45, 7) is 2.02. The van der Waals surface area contributed by atoms with E-state index in [1.54, 1.807) is 0 Å². The molecule has 0 heterocycles. The molecule has 0 amide bonds. The highest BCUT2D eigenvalue weighted by Gasteiger charge is 2.34. The first-order chi connectivity index (χ1) is 7.40. The molecule has 0 aromatic heterocycles. The fourth-order valence-corrected chi connectivity index (χ4v) is 2.98. The molecule has 2 saturated carbocycles. The molecule has 2 aliphatic rings. The molecule has 2 nitrogen and oxygen atoms in total. The van der Waals surface area contributed by atoms with E-state index in [9.17, 15) is 0 Å². The normalized spacial score (nSPS) is 31.8. The fraction of sp³-hybridized carbons (Fsp3) is 1.00. The number of unbranched alkanes of at least 4 members (excludes halogenated alkanes) is 1. The van der Waals surface area contributed by atoms with E-state index in [0.717, 1.165) is 24.4 Å². The van der Waals surface area contributed by atoms with Gasteiger partial charge in [-0.2, -0.15) is 0 Å². The predicted octanol–water partition coefficient (Wildman–Crippen LogP) is 2.28. The molecule has 2 fully saturated rings. The Morgan fingerprint density at radius 2 is 1.87 bits per heavy atom. The van der Waals surface area contributed by atoms with Crippen LogP contribution >= 0.6 is 0 Å². The van der Waals surface area contributed by atoms with Crippen molar-refractivity contribution in [2.75, 3.05) is 13.1 Å². The Balaban J connectivity index is 1.59. The zero-order chi connectivity index (χ0) is 10.5. The highest BCUT2D eigenvalue weighted by atomic mass is 14.9. The molecule has 0 bridgehead atoms. The molecule has 15 heavy (non-hydrogen) atoms. The van der Waals surface area contributed by atoms with Crippen LogP contribution in [0.2, 0.25) is 0 Å². The monoisotopic (exact) mass is 210 g/mol. The van der Waals surface area contributed by atoms with Crippen LogP contribution in [0.1, 0.15) is 51.4 Å². The van der Waals surface area contributed by atoms with E-state index in [1.807, 2.05) is 0 Å². The first-order valence-corrected chi connectivity index (χ1v) is 6.83. The van der Waals surface area contributed by atoms with Crippen LogP contribution < -0.4 is 11.1 Å². The van der Waals surface area contributed by atoms with Crippen molar-refractivity contribution in [3.8, 4) is 0 Å². The van der Waals surface area contributed by atoms with Gasteiger partial charge in [0, 0.05) is 6.04 Å². The van der Waals surface area contributed by atoms with Crippen molar-refractivity contribution in [2.45, 2.75) is 57.4 Å². The number of nitrogens with one attached hydrogen (secondary N) is 1. The van der Waals surface area contributed by atoms with Crippen molar-refractivity contribution in [1.29, 1.82) is 0 Å². The summed E-state index contributed by atoms with van der Waals surface area (Å²) in [5, 5.41) is 3.71. The van der Waals surface area contributed by atoms with Gasteiger partial charge in [0.25, 0.3) is 0 Å².